The summed E-state index contributed by atoms with van der Waals surface area (Å²) < 4.78 is 31.9. The van der Waals surface area contributed by atoms with Gasteiger partial charge in [0.2, 0.25) is 5.91 Å². The zero-order valence-electron chi connectivity index (χ0n) is 18.2. The lowest BCUT2D eigenvalue weighted by Gasteiger charge is -2.37. The first-order chi connectivity index (χ1) is 16.0. The van der Waals surface area contributed by atoms with E-state index in [9.17, 15) is 13.2 Å². The molecule has 0 spiro atoms. The highest BCUT2D eigenvalue weighted by Gasteiger charge is 2.39. The third kappa shape index (κ3) is 4.00. The summed E-state index contributed by atoms with van der Waals surface area (Å²) in [7, 11) is -2.12. The Morgan fingerprint density at radius 3 is 2.67 bits per heavy atom. The summed E-state index contributed by atoms with van der Waals surface area (Å²) in [6.45, 7) is 3.03. The summed E-state index contributed by atoms with van der Waals surface area (Å²) in [6, 6.07) is 7.84. The molecule has 2 saturated heterocycles. The van der Waals surface area contributed by atoms with Gasteiger partial charge in [0.1, 0.15) is 12.1 Å². The second-order valence-electron chi connectivity index (χ2n) is 8.16. The van der Waals surface area contributed by atoms with Gasteiger partial charge in [0, 0.05) is 62.6 Å². The van der Waals surface area contributed by atoms with Crippen LogP contribution in [0.3, 0.4) is 0 Å². The molecular weight excluding hydrogens is 446 g/mol. The Morgan fingerprint density at radius 2 is 1.94 bits per heavy atom. The molecule has 0 unspecified atom stereocenters. The summed E-state index contributed by atoms with van der Waals surface area (Å²) >= 11 is 0. The van der Waals surface area contributed by atoms with E-state index in [-0.39, 0.29) is 23.5 Å². The van der Waals surface area contributed by atoms with Crippen molar-refractivity contribution in [3.63, 3.8) is 0 Å². The monoisotopic (exact) mass is 471 g/mol. The number of H-pyrrole nitrogens is 1. The third-order valence-electron chi connectivity index (χ3n) is 6.34. The largest absolute Gasteiger partial charge is 0.497 e. The fourth-order valence-electron chi connectivity index (χ4n) is 4.53. The molecule has 1 atom stereocenters. The molecule has 0 radical (unpaired) electrons. The molecule has 11 nitrogen and oxygen atoms in total. The van der Waals surface area contributed by atoms with Crippen LogP contribution in [0.4, 0.5) is 5.69 Å². The maximum Gasteiger partial charge on any atom is 0.278 e. The van der Waals surface area contributed by atoms with Crippen LogP contribution in [0.2, 0.25) is 0 Å². The molecular formula is C21H25N7O4S. The number of ether oxygens (including phenoxy) is 1. The summed E-state index contributed by atoms with van der Waals surface area (Å²) in [5.41, 5.74) is 1.95. The van der Waals surface area contributed by atoms with Crippen LogP contribution in [0.25, 0.3) is 10.9 Å². The smallest absolute Gasteiger partial charge is 0.278 e. The number of hydrogen-bond donors (Lipinski definition) is 1. The molecule has 12 heteroatoms. The van der Waals surface area contributed by atoms with Crippen LogP contribution < -0.4 is 9.64 Å². The Bertz CT molecular complexity index is 1260. The highest BCUT2D eigenvalue weighted by Crippen LogP contribution is 2.30. The van der Waals surface area contributed by atoms with Crippen LogP contribution >= 0.6 is 0 Å². The number of nitrogens with zero attached hydrogens (tertiary/aromatic N) is 6. The standard InChI is InChI=1S/C21H25N7O4S/c1-32-16-2-3-17-18(12-16)22-6-4-19(17)26-8-10-27(11-9-26)20(29)15-5-7-28(13-15)33(30,31)21-23-14-24-25-21/h2-4,6,12,14-15H,5,7-11,13H2,1H3,(H,23,24,25)/t15-/m0/s1. The molecule has 2 aromatic heterocycles. The number of sulfonamides is 1. The number of amides is 1. The van der Waals surface area contributed by atoms with Gasteiger partial charge >= 0.3 is 0 Å². The number of methoxy groups -OCH3 is 1. The predicted octanol–water partition coefficient (Wildman–Crippen LogP) is 0.721. The van der Waals surface area contributed by atoms with Gasteiger partial charge in [0.05, 0.1) is 18.5 Å². The Hall–Kier alpha value is -3.25. The van der Waals surface area contributed by atoms with E-state index in [1.807, 2.05) is 29.2 Å². The molecule has 33 heavy (non-hydrogen) atoms. The van der Waals surface area contributed by atoms with Gasteiger partial charge in [-0.15, -0.1) is 0 Å². The molecule has 0 saturated carbocycles. The first-order valence-electron chi connectivity index (χ1n) is 10.8. The summed E-state index contributed by atoms with van der Waals surface area (Å²) in [4.78, 5) is 25.4. The van der Waals surface area contributed by atoms with E-state index in [0.717, 1.165) is 28.7 Å². The van der Waals surface area contributed by atoms with Crippen molar-refractivity contribution in [1.29, 1.82) is 0 Å². The van der Waals surface area contributed by atoms with Crippen molar-refractivity contribution in [2.75, 3.05) is 51.3 Å². The van der Waals surface area contributed by atoms with Crippen LogP contribution in [0.5, 0.6) is 5.75 Å². The van der Waals surface area contributed by atoms with Gasteiger partial charge in [0.15, 0.2) is 0 Å². The molecule has 1 N–H and O–H groups in total. The van der Waals surface area contributed by atoms with Crippen LogP contribution in [0.1, 0.15) is 6.42 Å². The molecule has 2 aliphatic rings. The summed E-state index contributed by atoms with van der Waals surface area (Å²) in [5.74, 6) is 0.427. The second kappa shape index (κ2) is 8.60. The number of pyridine rings is 1. The average Bonchev–Trinajstić information content (AvgIpc) is 3.56. The van der Waals surface area contributed by atoms with Gasteiger partial charge in [-0.1, -0.05) is 0 Å². The molecule has 0 bridgehead atoms. The van der Waals surface area contributed by atoms with Gasteiger partial charge in [-0.3, -0.25) is 9.78 Å². The van der Waals surface area contributed by atoms with E-state index >= 15 is 0 Å². The maximum absolute atomic E-state index is 13.1. The Kier molecular flexibility index (Phi) is 5.62. The molecule has 174 valence electrons. The van der Waals surface area contributed by atoms with Gasteiger partial charge in [0.25, 0.3) is 15.2 Å². The van der Waals surface area contributed by atoms with E-state index in [2.05, 4.69) is 25.1 Å². The number of fused-ring (bicyclic) bond motifs is 1. The second-order valence-corrected chi connectivity index (χ2v) is 10.0. The topological polar surface area (TPSA) is 125 Å². The van der Waals surface area contributed by atoms with E-state index in [1.165, 1.54) is 4.31 Å². The van der Waals surface area contributed by atoms with Crippen LogP contribution in [-0.4, -0.2) is 90.1 Å². The lowest BCUT2D eigenvalue weighted by atomic mass is 10.1. The number of nitrogens with one attached hydrogen (secondary N) is 1. The van der Waals surface area contributed by atoms with Crippen molar-refractivity contribution in [3.8, 4) is 5.75 Å². The number of anilines is 1. The maximum atomic E-state index is 13.1. The number of carbonyl (C=O) groups excluding carboxylic acids is 1. The number of benzene rings is 1. The number of carbonyl (C=O) groups is 1. The minimum Gasteiger partial charge on any atom is -0.497 e. The zero-order valence-corrected chi connectivity index (χ0v) is 19.0. The minimum atomic E-state index is -3.75. The molecule has 4 heterocycles. The van der Waals surface area contributed by atoms with E-state index in [1.54, 1.807) is 13.3 Å². The molecule has 2 fully saturated rings. The highest BCUT2D eigenvalue weighted by atomic mass is 32.2. The SMILES string of the molecule is COc1ccc2c(N3CCN(C(=O)[C@H]4CCN(S(=O)(=O)c5ncn[nH]5)C4)CC3)ccnc2c1. The fourth-order valence-corrected chi connectivity index (χ4v) is 5.85. The minimum absolute atomic E-state index is 0.00856. The molecule has 1 aromatic carbocycles. The molecule has 3 aromatic rings. The fraction of sp³-hybridized carbons (Fsp3) is 0.429. The Morgan fingerprint density at radius 1 is 1.12 bits per heavy atom. The van der Waals surface area contributed by atoms with Crippen LogP contribution in [0.15, 0.2) is 41.9 Å². The van der Waals surface area contributed by atoms with Gasteiger partial charge < -0.3 is 14.5 Å². The number of rotatable bonds is 5. The summed E-state index contributed by atoms with van der Waals surface area (Å²) in [5, 5.41) is 6.87. The molecule has 1 amide bonds. The number of aromatic nitrogens is 4. The lowest BCUT2D eigenvalue weighted by Crippen LogP contribution is -2.50. The summed E-state index contributed by atoms with van der Waals surface area (Å²) in [6.07, 6.45) is 3.45. The molecule has 5 rings (SSSR count). The van der Waals surface area contributed by atoms with Crippen molar-refractivity contribution in [1.82, 2.24) is 29.4 Å². The normalized spacial score (nSPS) is 19.8. The zero-order chi connectivity index (χ0) is 23.0. The number of piperazine rings is 1. The number of hydrogen-bond acceptors (Lipinski definition) is 8. The first-order valence-corrected chi connectivity index (χ1v) is 12.2. The van der Waals surface area contributed by atoms with Crippen molar-refractivity contribution in [3.05, 3.63) is 36.8 Å². The quantitative estimate of drug-likeness (QED) is 0.577. The molecule has 0 aliphatic carbocycles. The lowest BCUT2D eigenvalue weighted by molar-refractivity contribution is -0.135. The van der Waals surface area contributed by atoms with Crippen LogP contribution in [0, 0.1) is 5.92 Å². The van der Waals surface area contributed by atoms with Crippen LogP contribution in [-0.2, 0) is 14.8 Å². The van der Waals surface area contributed by atoms with Crippen molar-refractivity contribution < 1.29 is 17.9 Å². The van der Waals surface area contributed by atoms with E-state index < -0.39 is 10.0 Å². The first kappa shape index (κ1) is 21.6. The Balaban J connectivity index is 1.23. The predicted molar refractivity (Wildman–Crippen MR) is 120 cm³/mol. The Labute approximate surface area is 191 Å². The number of aromatic amines is 1. The highest BCUT2D eigenvalue weighted by molar-refractivity contribution is 7.89. The third-order valence-corrected chi connectivity index (χ3v) is 8.03. The van der Waals surface area contributed by atoms with E-state index in [0.29, 0.717) is 39.1 Å². The van der Waals surface area contributed by atoms with Crippen molar-refractivity contribution >= 4 is 32.5 Å². The average molecular weight is 472 g/mol. The van der Waals surface area contributed by atoms with Gasteiger partial charge in [-0.05, 0) is 24.6 Å². The van der Waals surface area contributed by atoms with Crippen molar-refractivity contribution in [2.24, 2.45) is 5.92 Å². The van der Waals surface area contributed by atoms with E-state index in [4.69, 9.17) is 4.74 Å². The molecule has 2 aliphatic heterocycles. The van der Waals surface area contributed by atoms with Gasteiger partial charge in [-0.25, -0.2) is 18.5 Å². The van der Waals surface area contributed by atoms with Crippen molar-refractivity contribution in [2.45, 2.75) is 11.6 Å². The van der Waals surface area contributed by atoms with Gasteiger partial charge in [-0.2, -0.15) is 9.40 Å².